The highest BCUT2D eigenvalue weighted by atomic mass is 15.2. The van der Waals surface area contributed by atoms with E-state index in [1.165, 1.54) is 70.6 Å². The van der Waals surface area contributed by atoms with Crippen LogP contribution in [0, 0.1) is 28.1 Å². The molecule has 0 heterocycles. The predicted molar refractivity (Wildman–Crippen MR) is 87.5 cm³/mol. The Kier molecular flexibility index (Phi) is 3.25. The molecule has 0 aromatic heterocycles. The Hall–Kier alpha value is -0.0800. The molecule has 5 rings (SSSR count). The second kappa shape index (κ2) is 4.71. The molecule has 21 heavy (non-hydrogen) atoms. The van der Waals surface area contributed by atoms with Crippen molar-refractivity contribution in [2.24, 2.45) is 33.9 Å². The molecule has 2 heteroatoms. The second-order valence-corrected chi connectivity index (χ2v) is 10.0. The van der Waals surface area contributed by atoms with E-state index >= 15 is 0 Å². The molecular formula is C19H34N2. The van der Waals surface area contributed by atoms with Crippen molar-refractivity contribution < 1.29 is 0 Å². The van der Waals surface area contributed by atoms with Crippen molar-refractivity contribution in [1.82, 2.24) is 5.43 Å². The summed E-state index contributed by atoms with van der Waals surface area (Å²) < 4.78 is 0. The first-order chi connectivity index (χ1) is 9.96. The molecule has 3 N–H and O–H groups in total. The normalized spacial score (nSPS) is 51.3. The van der Waals surface area contributed by atoms with Crippen LogP contribution >= 0.6 is 0 Å². The zero-order valence-electron chi connectivity index (χ0n) is 14.1. The molecule has 5 aliphatic rings. The van der Waals surface area contributed by atoms with E-state index in [0.717, 1.165) is 11.8 Å². The highest BCUT2D eigenvalue weighted by Crippen LogP contribution is 2.71. The maximum atomic E-state index is 6.16. The first-order valence-corrected chi connectivity index (χ1v) is 9.42. The second-order valence-electron chi connectivity index (χ2n) is 10.0. The van der Waals surface area contributed by atoms with Crippen molar-refractivity contribution in [3.05, 3.63) is 0 Å². The predicted octanol–water partition coefficient (Wildman–Crippen LogP) is 4.40. The van der Waals surface area contributed by atoms with Crippen LogP contribution in [0.2, 0.25) is 0 Å². The van der Waals surface area contributed by atoms with Gasteiger partial charge in [-0.25, -0.2) is 0 Å². The van der Waals surface area contributed by atoms with Gasteiger partial charge in [-0.05, 0) is 79.4 Å². The minimum Gasteiger partial charge on any atom is -0.271 e. The van der Waals surface area contributed by atoms with Gasteiger partial charge in [-0.2, -0.15) is 0 Å². The quantitative estimate of drug-likeness (QED) is 0.597. The van der Waals surface area contributed by atoms with Gasteiger partial charge in [0.25, 0.3) is 0 Å². The first-order valence-electron chi connectivity index (χ1n) is 9.42. The number of hydrogen-bond donors (Lipinski definition) is 2. The smallest absolute Gasteiger partial charge is 0.0295 e. The van der Waals surface area contributed by atoms with Gasteiger partial charge < -0.3 is 0 Å². The van der Waals surface area contributed by atoms with Crippen LogP contribution in [0.4, 0.5) is 0 Å². The van der Waals surface area contributed by atoms with E-state index in [4.69, 9.17) is 5.84 Å². The van der Waals surface area contributed by atoms with Crippen LogP contribution in [0.3, 0.4) is 0 Å². The molecule has 5 aliphatic carbocycles. The molecule has 0 saturated heterocycles. The Morgan fingerprint density at radius 2 is 1.52 bits per heavy atom. The van der Waals surface area contributed by atoms with E-state index < -0.39 is 0 Å². The lowest BCUT2D eigenvalue weighted by Crippen LogP contribution is -2.64. The molecule has 3 unspecified atom stereocenters. The van der Waals surface area contributed by atoms with Gasteiger partial charge in [0.1, 0.15) is 0 Å². The van der Waals surface area contributed by atoms with Gasteiger partial charge in [0.2, 0.25) is 0 Å². The van der Waals surface area contributed by atoms with Crippen LogP contribution in [0.15, 0.2) is 0 Å². The zero-order valence-corrected chi connectivity index (χ0v) is 14.1. The van der Waals surface area contributed by atoms with Crippen LogP contribution < -0.4 is 11.3 Å². The largest absolute Gasteiger partial charge is 0.271 e. The number of nitrogens with one attached hydrogen (secondary N) is 1. The van der Waals surface area contributed by atoms with Gasteiger partial charge in [0.15, 0.2) is 0 Å². The van der Waals surface area contributed by atoms with Crippen molar-refractivity contribution in [2.75, 3.05) is 0 Å². The van der Waals surface area contributed by atoms with E-state index in [2.05, 4.69) is 19.3 Å². The summed E-state index contributed by atoms with van der Waals surface area (Å²) in [7, 11) is 0. The molecule has 5 fully saturated rings. The van der Waals surface area contributed by atoms with Crippen molar-refractivity contribution in [3.8, 4) is 0 Å². The lowest BCUT2D eigenvalue weighted by Gasteiger charge is -2.68. The van der Waals surface area contributed by atoms with Gasteiger partial charge in [0, 0.05) is 6.04 Å². The monoisotopic (exact) mass is 290 g/mol. The Morgan fingerprint density at radius 1 is 0.905 bits per heavy atom. The summed E-state index contributed by atoms with van der Waals surface area (Å²) in [6, 6.07) is 0.583. The molecule has 0 aromatic carbocycles. The summed E-state index contributed by atoms with van der Waals surface area (Å²) in [6.07, 6.45) is 15.9. The van der Waals surface area contributed by atoms with Crippen LogP contribution in [-0.2, 0) is 0 Å². The molecule has 0 aromatic rings. The fourth-order valence-corrected chi connectivity index (χ4v) is 8.16. The summed E-state index contributed by atoms with van der Waals surface area (Å²) in [5.41, 5.74) is 5.09. The lowest BCUT2D eigenvalue weighted by molar-refractivity contribution is -0.165. The maximum absolute atomic E-state index is 6.16. The number of hydrogen-bond acceptors (Lipinski definition) is 2. The third-order valence-corrected chi connectivity index (χ3v) is 7.63. The van der Waals surface area contributed by atoms with Crippen molar-refractivity contribution in [2.45, 2.75) is 90.5 Å². The van der Waals surface area contributed by atoms with E-state index in [1.807, 2.05) is 0 Å². The number of rotatable bonds is 3. The third-order valence-electron chi connectivity index (χ3n) is 7.63. The Balaban J connectivity index is 1.65. The molecule has 2 nitrogen and oxygen atoms in total. The molecule has 0 aliphatic heterocycles. The summed E-state index contributed by atoms with van der Waals surface area (Å²) >= 11 is 0. The molecule has 5 saturated carbocycles. The Labute approximate surface area is 130 Å². The van der Waals surface area contributed by atoms with Crippen LogP contribution in [-0.4, -0.2) is 6.04 Å². The topological polar surface area (TPSA) is 38.0 Å². The summed E-state index contributed by atoms with van der Waals surface area (Å²) in [5, 5.41) is 0. The van der Waals surface area contributed by atoms with E-state index in [1.54, 1.807) is 0 Å². The van der Waals surface area contributed by atoms with Gasteiger partial charge in [-0.15, -0.1) is 0 Å². The highest BCUT2D eigenvalue weighted by molar-refractivity contribution is 5.14. The van der Waals surface area contributed by atoms with E-state index in [9.17, 15) is 0 Å². The molecule has 0 spiro atoms. The molecule has 3 atom stereocenters. The fraction of sp³-hybridized carbons (Fsp3) is 1.00. The zero-order chi connectivity index (χ0) is 14.7. The third kappa shape index (κ3) is 2.28. The Morgan fingerprint density at radius 3 is 2.05 bits per heavy atom. The van der Waals surface area contributed by atoms with Crippen LogP contribution in [0.1, 0.15) is 84.5 Å². The number of hydrazine groups is 1. The minimum atomic E-state index is 0.514. The summed E-state index contributed by atoms with van der Waals surface area (Å²) in [5.74, 6) is 7.98. The molecule has 120 valence electrons. The maximum Gasteiger partial charge on any atom is 0.0295 e. The van der Waals surface area contributed by atoms with Crippen molar-refractivity contribution in [3.63, 3.8) is 0 Å². The highest BCUT2D eigenvalue weighted by Gasteiger charge is 2.62. The summed E-state index contributed by atoms with van der Waals surface area (Å²) in [4.78, 5) is 0. The lowest BCUT2D eigenvalue weighted by atomic mass is 9.38. The van der Waals surface area contributed by atoms with Crippen molar-refractivity contribution >= 4 is 0 Å². The van der Waals surface area contributed by atoms with Crippen molar-refractivity contribution in [1.29, 1.82) is 0 Å². The van der Waals surface area contributed by atoms with Crippen LogP contribution in [0.5, 0.6) is 0 Å². The van der Waals surface area contributed by atoms with Gasteiger partial charge in [0.05, 0.1) is 0 Å². The summed E-state index contributed by atoms with van der Waals surface area (Å²) in [6.45, 7) is 5.16. The average Bonchev–Trinajstić information content (AvgIpc) is 2.36. The van der Waals surface area contributed by atoms with E-state index in [-0.39, 0.29) is 0 Å². The molecule has 0 radical (unpaired) electrons. The molecule has 0 amide bonds. The standard InChI is InChI=1S/C19H34N2/c1-17-8-14-9-18(2,11-17)13-19(10-14,12-17)16(21-20)15-6-4-3-5-7-15/h14-16,21H,3-13,20H2,1-2H3. The average molecular weight is 290 g/mol. The van der Waals surface area contributed by atoms with Gasteiger partial charge >= 0.3 is 0 Å². The molecule has 4 bridgehead atoms. The molecular weight excluding hydrogens is 256 g/mol. The minimum absolute atomic E-state index is 0.514. The van der Waals surface area contributed by atoms with Gasteiger partial charge in [-0.3, -0.25) is 11.3 Å². The van der Waals surface area contributed by atoms with Crippen LogP contribution in [0.25, 0.3) is 0 Å². The van der Waals surface area contributed by atoms with E-state index in [0.29, 0.717) is 22.3 Å². The number of nitrogens with two attached hydrogens (primary N) is 1. The van der Waals surface area contributed by atoms with Gasteiger partial charge in [-0.1, -0.05) is 33.1 Å². The first kappa shape index (κ1) is 14.5. The SMILES string of the molecule is CC12CC3CC(C)(C1)CC(C(NN)C1CCCCC1)(C3)C2. The Bertz CT molecular complexity index is 394. The fourth-order valence-electron chi connectivity index (χ4n) is 8.16.